The molecule has 3 aliphatic rings. The van der Waals surface area contributed by atoms with Gasteiger partial charge in [-0.3, -0.25) is 24.6 Å². The van der Waals surface area contributed by atoms with Crippen molar-refractivity contribution >= 4 is 29.4 Å². The fourth-order valence-corrected chi connectivity index (χ4v) is 4.48. The molecule has 0 aliphatic carbocycles. The normalized spacial score (nSPS) is 18.7. The number of nitrogens with zero attached hydrogens (tertiary/aromatic N) is 5. The average Bonchev–Trinajstić information content (AvgIpc) is 3.08. The quantitative estimate of drug-likeness (QED) is 0.380. The number of carbonyl (C=O) groups excluding carboxylic acids is 4. The first-order chi connectivity index (χ1) is 17.2. The van der Waals surface area contributed by atoms with Crippen molar-refractivity contribution in [3.05, 3.63) is 58.4 Å². The molecule has 1 N–H and O–H groups in total. The molecule has 1 aromatic carbocycles. The maximum Gasteiger partial charge on any atom is 0.343 e. The number of benzene rings is 1. The van der Waals surface area contributed by atoms with Gasteiger partial charge in [-0.2, -0.15) is 27.6 Å². The third kappa shape index (κ3) is 3.92. The number of urea groups is 1. The highest BCUT2D eigenvalue weighted by atomic mass is 19.2. The number of nitrogens with one attached hydrogen (secondary N) is 1. The fourth-order valence-electron chi connectivity index (χ4n) is 4.48. The lowest BCUT2D eigenvalue weighted by atomic mass is 10.1. The van der Waals surface area contributed by atoms with Crippen LogP contribution in [0, 0.1) is 23.5 Å². The second-order valence-electron chi connectivity index (χ2n) is 8.46. The molecule has 5 rings (SSSR count). The van der Waals surface area contributed by atoms with Crippen LogP contribution < -0.4 is 10.2 Å². The van der Waals surface area contributed by atoms with Gasteiger partial charge in [-0.25, -0.2) is 9.80 Å². The zero-order valence-corrected chi connectivity index (χ0v) is 18.6. The monoisotopic (exact) mass is 506 g/mol. The van der Waals surface area contributed by atoms with Crippen molar-refractivity contribution in [2.75, 3.05) is 37.6 Å². The molecular weight excluding hydrogens is 488 g/mol. The Balaban J connectivity index is 1.27. The second-order valence-corrected chi connectivity index (χ2v) is 8.46. The number of anilines is 1. The van der Waals surface area contributed by atoms with E-state index in [0.29, 0.717) is 30.2 Å². The number of amides is 5. The molecule has 5 amide bonds. The molecule has 14 heteroatoms. The highest BCUT2D eigenvalue weighted by Crippen LogP contribution is 2.29. The number of hydrazine groups is 1. The van der Waals surface area contributed by atoms with E-state index in [1.54, 1.807) is 6.07 Å². The van der Waals surface area contributed by atoms with Gasteiger partial charge in [0, 0.05) is 39.1 Å². The van der Waals surface area contributed by atoms with E-state index in [0.717, 1.165) is 5.01 Å². The lowest BCUT2D eigenvalue weighted by Crippen LogP contribution is -2.58. The van der Waals surface area contributed by atoms with E-state index in [1.165, 1.54) is 17.0 Å². The molecular formula is C22H18F4N6O4. The van der Waals surface area contributed by atoms with Gasteiger partial charge in [0.2, 0.25) is 17.5 Å². The molecule has 36 heavy (non-hydrogen) atoms. The third-order valence-corrected chi connectivity index (χ3v) is 6.27. The first-order valence-corrected chi connectivity index (χ1v) is 11.0. The molecule has 0 radical (unpaired) electrons. The SMILES string of the molecule is O=C1CCN(N2C(=O)c3ccc(CN4CCN(c5c(F)c(F)nc(F)c5F)CC4)cc3C2=O)C(=O)N1. The summed E-state index contributed by atoms with van der Waals surface area (Å²) in [6.45, 7) is 0.960. The molecule has 0 unspecified atom stereocenters. The van der Waals surface area contributed by atoms with Crippen LogP contribution in [0.15, 0.2) is 18.2 Å². The number of halogens is 4. The van der Waals surface area contributed by atoms with Gasteiger partial charge in [0.1, 0.15) is 5.69 Å². The summed E-state index contributed by atoms with van der Waals surface area (Å²) in [5, 5.41) is 3.68. The molecule has 0 spiro atoms. The summed E-state index contributed by atoms with van der Waals surface area (Å²) in [5.41, 5.74) is 0.0883. The van der Waals surface area contributed by atoms with Gasteiger partial charge in [-0.05, 0) is 17.7 Å². The van der Waals surface area contributed by atoms with Crippen LogP contribution in [-0.4, -0.2) is 76.4 Å². The van der Waals surface area contributed by atoms with Crippen molar-refractivity contribution in [3.63, 3.8) is 0 Å². The Kier molecular flexibility index (Phi) is 5.82. The Morgan fingerprint density at radius 2 is 1.47 bits per heavy atom. The van der Waals surface area contributed by atoms with E-state index in [4.69, 9.17) is 0 Å². The molecule has 2 fully saturated rings. The van der Waals surface area contributed by atoms with Gasteiger partial charge in [0.15, 0.2) is 0 Å². The third-order valence-electron chi connectivity index (χ3n) is 6.27. The van der Waals surface area contributed by atoms with Crippen LogP contribution >= 0.6 is 0 Å². The van der Waals surface area contributed by atoms with Gasteiger partial charge < -0.3 is 4.90 Å². The smallest absolute Gasteiger partial charge is 0.343 e. The summed E-state index contributed by atoms with van der Waals surface area (Å²) in [5.74, 6) is -8.42. The predicted octanol–water partition coefficient (Wildman–Crippen LogP) is 1.41. The molecule has 4 heterocycles. The number of imide groups is 2. The highest BCUT2D eigenvalue weighted by molar-refractivity contribution is 6.22. The van der Waals surface area contributed by atoms with E-state index < -0.39 is 53.0 Å². The average molecular weight is 506 g/mol. The Hall–Kier alpha value is -4.07. The van der Waals surface area contributed by atoms with E-state index in [9.17, 15) is 36.7 Å². The number of aromatic nitrogens is 1. The van der Waals surface area contributed by atoms with Gasteiger partial charge in [-0.15, -0.1) is 0 Å². The summed E-state index contributed by atoms with van der Waals surface area (Å²) >= 11 is 0. The van der Waals surface area contributed by atoms with E-state index in [-0.39, 0.29) is 37.2 Å². The lowest BCUT2D eigenvalue weighted by molar-refractivity contribution is -0.122. The van der Waals surface area contributed by atoms with Crippen molar-refractivity contribution < 1.29 is 36.7 Å². The summed E-state index contributed by atoms with van der Waals surface area (Å²) in [7, 11) is 0. The fraction of sp³-hybridized carbons (Fsp3) is 0.318. The van der Waals surface area contributed by atoms with E-state index in [1.807, 2.05) is 4.90 Å². The van der Waals surface area contributed by atoms with Crippen molar-refractivity contribution in [3.8, 4) is 0 Å². The maximum atomic E-state index is 14.1. The molecule has 0 saturated carbocycles. The van der Waals surface area contributed by atoms with Gasteiger partial charge in [0.25, 0.3) is 23.7 Å². The predicted molar refractivity (Wildman–Crippen MR) is 113 cm³/mol. The summed E-state index contributed by atoms with van der Waals surface area (Å²) in [6, 6.07) is 3.79. The minimum Gasteiger partial charge on any atom is -0.364 e. The first-order valence-electron chi connectivity index (χ1n) is 11.0. The number of hydrogen-bond donors (Lipinski definition) is 1. The zero-order chi connectivity index (χ0) is 25.7. The molecule has 1 aromatic heterocycles. The van der Waals surface area contributed by atoms with Crippen molar-refractivity contribution in [1.29, 1.82) is 0 Å². The number of hydrogen-bond acceptors (Lipinski definition) is 7. The molecule has 2 aromatic rings. The zero-order valence-electron chi connectivity index (χ0n) is 18.6. The highest BCUT2D eigenvalue weighted by Gasteiger charge is 2.43. The number of piperazine rings is 1. The van der Waals surface area contributed by atoms with Crippen LogP contribution in [0.2, 0.25) is 0 Å². The second kappa shape index (κ2) is 8.86. The van der Waals surface area contributed by atoms with Crippen LogP contribution in [0.4, 0.5) is 28.0 Å². The Morgan fingerprint density at radius 3 is 2.11 bits per heavy atom. The van der Waals surface area contributed by atoms with Crippen LogP contribution in [-0.2, 0) is 11.3 Å². The molecule has 0 atom stereocenters. The minimum atomic E-state index is -1.72. The van der Waals surface area contributed by atoms with Crippen molar-refractivity contribution in [2.24, 2.45) is 0 Å². The number of carbonyl (C=O) groups is 4. The van der Waals surface area contributed by atoms with Crippen molar-refractivity contribution in [2.45, 2.75) is 13.0 Å². The van der Waals surface area contributed by atoms with Gasteiger partial charge >= 0.3 is 6.03 Å². The molecule has 2 saturated heterocycles. The largest absolute Gasteiger partial charge is 0.364 e. The van der Waals surface area contributed by atoms with Crippen LogP contribution in [0.1, 0.15) is 32.7 Å². The van der Waals surface area contributed by atoms with Gasteiger partial charge in [-0.1, -0.05) is 6.07 Å². The van der Waals surface area contributed by atoms with Crippen LogP contribution in [0.3, 0.4) is 0 Å². The summed E-state index contributed by atoms with van der Waals surface area (Å²) < 4.78 is 55.1. The number of pyridine rings is 1. The van der Waals surface area contributed by atoms with E-state index >= 15 is 0 Å². The van der Waals surface area contributed by atoms with Gasteiger partial charge in [0.05, 0.1) is 17.7 Å². The van der Waals surface area contributed by atoms with E-state index in [2.05, 4.69) is 10.3 Å². The number of rotatable bonds is 4. The van der Waals surface area contributed by atoms with Crippen LogP contribution in [0.25, 0.3) is 0 Å². The first kappa shape index (κ1) is 23.7. The number of fused-ring (bicyclic) bond motifs is 1. The Morgan fingerprint density at radius 1 is 0.833 bits per heavy atom. The van der Waals surface area contributed by atoms with Crippen molar-refractivity contribution in [1.82, 2.24) is 25.2 Å². The summed E-state index contributed by atoms with van der Waals surface area (Å²) in [6.07, 6.45) is -0.0526. The lowest BCUT2D eigenvalue weighted by Gasteiger charge is -2.36. The minimum absolute atomic E-state index is 0.0526. The van der Waals surface area contributed by atoms with Crippen LogP contribution in [0.5, 0.6) is 0 Å². The Labute approximate surface area is 201 Å². The molecule has 3 aliphatic heterocycles. The molecule has 0 bridgehead atoms. The molecule has 10 nitrogen and oxygen atoms in total. The molecule has 188 valence electrons. The maximum absolute atomic E-state index is 14.1. The standard InChI is InChI=1S/C22H18F4N6O4/c23-15-17(16(24)19(26)28-18(15)25)30-7-5-29(6-8-30)10-11-1-2-12-13(9-11)21(35)32(20(12)34)31-4-3-14(33)27-22(31)36/h1-2,9H,3-8,10H2,(H,27,33,36). The topological polar surface area (TPSA) is 106 Å². The Bertz CT molecular complexity index is 1290. The summed E-state index contributed by atoms with van der Waals surface area (Å²) in [4.78, 5) is 54.9.